The van der Waals surface area contributed by atoms with Crippen LogP contribution in [-0.4, -0.2) is 32.8 Å². The van der Waals surface area contributed by atoms with Gasteiger partial charge < -0.3 is 4.74 Å². The van der Waals surface area contributed by atoms with Crippen LogP contribution in [0.15, 0.2) is 53.4 Å². The highest BCUT2D eigenvalue weighted by atomic mass is 35.5. The Labute approximate surface area is 159 Å². The first-order valence-corrected chi connectivity index (χ1v) is 9.24. The summed E-state index contributed by atoms with van der Waals surface area (Å²) in [6.45, 7) is -0.732. The van der Waals surface area contributed by atoms with E-state index >= 15 is 0 Å². The third kappa shape index (κ3) is 5.78. The van der Waals surface area contributed by atoms with Gasteiger partial charge in [0.05, 0.1) is 15.5 Å². The second kappa shape index (κ2) is 8.62. The minimum atomic E-state index is -4.04. The lowest BCUT2D eigenvalue weighted by molar-refractivity contribution is -0.125. The molecule has 0 aliphatic carbocycles. The summed E-state index contributed by atoms with van der Waals surface area (Å²) in [4.78, 5) is 35.1. The Hall–Kier alpha value is -2.95. The number of carbonyl (C=O) groups is 3. The van der Waals surface area contributed by atoms with Crippen molar-refractivity contribution in [1.82, 2.24) is 10.9 Å². The van der Waals surface area contributed by atoms with Crippen LogP contribution in [-0.2, 0) is 19.6 Å². The van der Waals surface area contributed by atoms with Crippen molar-refractivity contribution >= 4 is 39.4 Å². The Morgan fingerprint density at radius 2 is 1.70 bits per heavy atom. The Kier molecular flexibility index (Phi) is 6.50. The van der Waals surface area contributed by atoms with Crippen molar-refractivity contribution in [1.29, 1.82) is 0 Å². The van der Waals surface area contributed by atoms with E-state index in [-0.39, 0.29) is 15.5 Å². The van der Waals surface area contributed by atoms with Gasteiger partial charge in [0.15, 0.2) is 6.61 Å². The number of amides is 2. The summed E-state index contributed by atoms with van der Waals surface area (Å²) < 4.78 is 27.4. The maximum absolute atomic E-state index is 12.0. The number of hydrogen-bond acceptors (Lipinski definition) is 6. The van der Waals surface area contributed by atoms with Gasteiger partial charge in [-0.05, 0) is 30.3 Å². The maximum atomic E-state index is 12.0. The molecule has 0 saturated heterocycles. The second-order valence-corrected chi connectivity index (χ2v) is 7.10. The van der Waals surface area contributed by atoms with Crippen LogP contribution in [0.1, 0.15) is 20.7 Å². The summed E-state index contributed by atoms with van der Waals surface area (Å²) in [5.74, 6) is -2.40. The molecule has 27 heavy (non-hydrogen) atoms. The van der Waals surface area contributed by atoms with E-state index in [1.807, 2.05) is 0 Å². The first-order chi connectivity index (χ1) is 12.7. The zero-order valence-electron chi connectivity index (χ0n) is 13.6. The van der Waals surface area contributed by atoms with E-state index in [0.29, 0.717) is 5.56 Å². The molecule has 9 nitrogen and oxygen atoms in total. The summed E-state index contributed by atoms with van der Waals surface area (Å²) in [7, 11) is -4.04. The molecule has 0 spiro atoms. The largest absolute Gasteiger partial charge is 0.452 e. The van der Waals surface area contributed by atoms with Gasteiger partial charge in [-0.25, -0.2) is 18.4 Å². The van der Waals surface area contributed by atoms with E-state index < -0.39 is 34.4 Å². The van der Waals surface area contributed by atoms with Gasteiger partial charge in [0, 0.05) is 5.56 Å². The molecule has 2 rings (SSSR count). The predicted molar refractivity (Wildman–Crippen MR) is 95.2 cm³/mol. The van der Waals surface area contributed by atoms with Crippen LogP contribution in [0.4, 0.5) is 0 Å². The van der Waals surface area contributed by atoms with Gasteiger partial charge in [0.2, 0.25) is 10.0 Å². The van der Waals surface area contributed by atoms with E-state index in [2.05, 4.69) is 10.9 Å². The van der Waals surface area contributed by atoms with Crippen LogP contribution in [0.3, 0.4) is 0 Å². The monoisotopic (exact) mass is 411 g/mol. The average molecular weight is 412 g/mol. The Bertz CT molecular complexity index is 979. The van der Waals surface area contributed by atoms with Crippen LogP contribution in [0.5, 0.6) is 0 Å². The highest BCUT2D eigenvalue weighted by molar-refractivity contribution is 7.89. The van der Waals surface area contributed by atoms with Crippen LogP contribution in [0.2, 0.25) is 5.02 Å². The van der Waals surface area contributed by atoms with Gasteiger partial charge in [-0.1, -0.05) is 29.8 Å². The van der Waals surface area contributed by atoms with Crippen LogP contribution in [0.25, 0.3) is 0 Å². The fourth-order valence-corrected chi connectivity index (χ4v) is 2.61. The third-order valence-electron chi connectivity index (χ3n) is 3.17. The SMILES string of the molecule is NS(=O)(=O)c1ccc(Cl)c(C(=O)OCC(=O)NNC(=O)c2ccccc2)c1. The molecule has 0 atom stereocenters. The maximum Gasteiger partial charge on any atom is 0.340 e. The van der Waals surface area contributed by atoms with Crippen molar-refractivity contribution in [3.05, 3.63) is 64.7 Å². The minimum Gasteiger partial charge on any atom is -0.452 e. The zero-order valence-corrected chi connectivity index (χ0v) is 15.2. The molecule has 2 amide bonds. The van der Waals surface area contributed by atoms with E-state index in [0.717, 1.165) is 18.2 Å². The van der Waals surface area contributed by atoms with E-state index in [1.165, 1.54) is 0 Å². The van der Waals surface area contributed by atoms with Crippen molar-refractivity contribution in [3.63, 3.8) is 0 Å². The van der Waals surface area contributed by atoms with Crippen molar-refractivity contribution in [2.24, 2.45) is 5.14 Å². The molecule has 0 heterocycles. The highest BCUT2D eigenvalue weighted by Crippen LogP contribution is 2.20. The molecular weight excluding hydrogens is 398 g/mol. The van der Waals surface area contributed by atoms with Crippen LogP contribution < -0.4 is 16.0 Å². The predicted octanol–water partition coefficient (Wildman–Crippen LogP) is 0.605. The van der Waals surface area contributed by atoms with E-state index in [9.17, 15) is 22.8 Å². The van der Waals surface area contributed by atoms with E-state index in [1.54, 1.807) is 30.3 Å². The van der Waals surface area contributed by atoms with Crippen molar-refractivity contribution in [2.45, 2.75) is 4.90 Å². The number of hydrogen-bond donors (Lipinski definition) is 3. The summed E-state index contributed by atoms with van der Waals surface area (Å²) in [5.41, 5.74) is 4.27. The van der Waals surface area contributed by atoms with Crippen LogP contribution >= 0.6 is 11.6 Å². The minimum absolute atomic E-state index is 0.0785. The lowest BCUT2D eigenvalue weighted by atomic mass is 10.2. The molecule has 0 bridgehead atoms. The van der Waals surface area contributed by atoms with Crippen molar-refractivity contribution in [2.75, 3.05) is 6.61 Å². The first kappa shape index (κ1) is 20.4. The van der Waals surface area contributed by atoms with Gasteiger partial charge in [-0.3, -0.25) is 20.4 Å². The van der Waals surface area contributed by atoms with E-state index in [4.69, 9.17) is 21.5 Å². The molecule has 0 radical (unpaired) electrons. The molecule has 0 fully saturated rings. The Morgan fingerprint density at radius 1 is 1.04 bits per heavy atom. The first-order valence-electron chi connectivity index (χ1n) is 7.32. The molecule has 11 heteroatoms. The third-order valence-corrected chi connectivity index (χ3v) is 4.41. The lowest BCUT2D eigenvalue weighted by Gasteiger charge is -2.09. The number of nitrogens with one attached hydrogen (secondary N) is 2. The van der Waals surface area contributed by atoms with Gasteiger partial charge in [-0.2, -0.15) is 0 Å². The number of halogens is 1. The quantitative estimate of drug-likeness (QED) is 0.485. The number of rotatable bonds is 5. The number of sulfonamides is 1. The summed E-state index contributed by atoms with van der Waals surface area (Å²) in [5, 5.41) is 4.91. The van der Waals surface area contributed by atoms with Gasteiger partial charge in [0.25, 0.3) is 11.8 Å². The van der Waals surface area contributed by atoms with Crippen LogP contribution in [0, 0.1) is 0 Å². The van der Waals surface area contributed by atoms with Crippen molar-refractivity contribution < 1.29 is 27.5 Å². The molecule has 0 aliphatic heterocycles. The van der Waals surface area contributed by atoms with Gasteiger partial charge in [-0.15, -0.1) is 0 Å². The average Bonchev–Trinajstić information content (AvgIpc) is 2.64. The fraction of sp³-hybridized carbons (Fsp3) is 0.0625. The lowest BCUT2D eigenvalue weighted by Crippen LogP contribution is -2.43. The fourth-order valence-electron chi connectivity index (χ4n) is 1.87. The molecule has 0 unspecified atom stereocenters. The Balaban J connectivity index is 1.92. The number of ether oxygens (including phenoxy) is 1. The summed E-state index contributed by atoms with van der Waals surface area (Å²) in [6.07, 6.45) is 0. The standard InChI is InChI=1S/C16H14ClN3O6S/c17-13-7-6-11(27(18,24)25)8-12(13)16(23)26-9-14(21)19-20-15(22)10-4-2-1-3-5-10/h1-8H,9H2,(H,19,21)(H,20,22)(H2,18,24,25). The summed E-state index contributed by atoms with van der Waals surface area (Å²) >= 11 is 5.83. The number of carbonyl (C=O) groups excluding carboxylic acids is 3. The molecule has 2 aromatic rings. The molecule has 142 valence electrons. The Morgan fingerprint density at radius 3 is 2.33 bits per heavy atom. The van der Waals surface area contributed by atoms with Gasteiger partial charge >= 0.3 is 5.97 Å². The molecule has 0 aromatic heterocycles. The number of benzene rings is 2. The number of nitrogens with two attached hydrogens (primary N) is 1. The second-order valence-electron chi connectivity index (χ2n) is 5.13. The topological polar surface area (TPSA) is 145 Å². The smallest absolute Gasteiger partial charge is 0.340 e. The molecule has 4 N–H and O–H groups in total. The molecule has 0 saturated carbocycles. The molecule has 0 aliphatic rings. The molecule has 2 aromatic carbocycles. The van der Waals surface area contributed by atoms with Gasteiger partial charge in [0.1, 0.15) is 0 Å². The highest BCUT2D eigenvalue weighted by Gasteiger charge is 2.18. The van der Waals surface area contributed by atoms with Crippen molar-refractivity contribution in [3.8, 4) is 0 Å². The normalized spacial score (nSPS) is 10.7. The number of hydrazine groups is 1. The molecular formula is C16H14ClN3O6S. The number of primary sulfonamides is 1. The number of esters is 1. The zero-order chi connectivity index (χ0) is 20.0. The summed E-state index contributed by atoms with van der Waals surface area (Å²) in [6, 6.07) is 11.3.